The van der Waals surface area contributed by atoms with Crippen LogP contribution in [0.4, 0.5) is 4.39 Å². The summed E-state index contributed by atoms with van der Waals surface area (Å²) in [6.07, 6.45) is 2.85. The van der Waals surface area contributed by atoms with E-state index in [1.165, 1.54) is 0 Å². The van der Waals surface area contributed by atoms with Gasteiger partial charge in [-0.25, -0.2) is 4.39 Å². The first-order chi connectivity index (χ1) is 2.39. The smallest absolute Gasteiger partial charge is 0.101 e. The molecular weight excluding hydrogens is 67.0 g/mol. The zero-order valence-electron chi connectivity index (χ0n) is 2.95. The summed E-state index contributed by atoms with van der Waals surface area (Å²) in [6.45, 7) is 0. The highest BCUT2D eigenvalue weighted by atomic mass is 19.1. The van der Waals surface area contributed by atoms with E-state index >= 15 is 0 Å². The molecule has 1 heteroatoms. The summed E-state index contributed by atoms with van der Waals surface area (Å²) in [5.74, 6) is 0. The zero-order valence-corrected chi connectivity index (χ0v) is 2.95. The predicted octanol–water partition coefficient (Wildman–Crippen LogP) is 1.32. The lowest BCUT2D eigenvalue weighted by atomic mass is 9.98. The highest BCUT2D eigenvalue weighted by molar-refractivity contribution is 4.84. The number of hydrogen-bond donors (Lipinski definition) is 0. The highest BCUT2D eigenvalue weighted by Gasteiger charge is 2.14. The highest BCUT2D eigenvalue weighted by Crippen LogP contribution is 2.19. The fraction of sp³-hybridized carbons (Fsp3) is 0.750. The lowest BCUT2D eigenvalue weighted by Gasteiger charge is -2.14. The third-order valence-electron chi connectivity index (χ3n) is 0.845. The van der Waals surface area contributed by atoms with E-state index in [9.17, 15) is 4.39 Å². The maximum Gasteiger partial charge on any atom is 0.101 e. The average Bonchev–Trinajstić information content (AvgIpc) is 1.30. The molecule has 1 saturated carbocycles. The van der Waals surface area contributed by atoms with Crippen LogP contribution >= 0.6 is 0 Å². The molecule has 0 atom stereocenters. The Kier molecular flexibility index (Phi) is 0.601. The molecule has 0 aromatic heterocycles. The molecule has 0 aliphatic heterocycles. The molecule has 1 aliphatic rings. The first-order valence-corrected chi connectivity index (χ1v) is 1.85. The maximum atomic E-state index is 11.5. The van der Waals surface area contributed by atoms with E-state index in [0.29, 0.717) is 12.8 Å². The molecular formula is C4H6F. The summed E-state index contributed by atoms with van der Waals surface area (Å²) in [7, 11) is 0. The lowest BCUT2D eigenvalue weighted by molar-refractivity contribution is 0.267. The molecule has 1 aliphatic carbocycles. The van der Waals surface area contributed by atoms with Crippen LogP contribution in [-0.4, -0.2) is 6.17 Å². The summed E-state index contributed by atoms with van der Waals surface area (Å²) in [6, 6.07) is 0. The minimum absolute atomic E-state index is 0.491. The van der Waals surface area contributed by atoms with E-state index in [4.69, 9.17) is 0 Å². The fourth-order valence-corrected chi connectivity index (χ4v) is 0.293. The fourth-order valence-electron chi connectivity index (χ4n) is 0.293. The van der Waals surface area contributed by atoms with E-state index in [1.54, 1.807) is 0 Å². The van der Waals surface area contributed by atoms with Crippen molar-refractivity contribution < 1.29 is 4.39 Å². The third-order valence-corrected chi connectivity index (χ3v) is 0.845. The second-order valence-electron chi connectivity index (χ2n) is 1.36. The van der Waals surface area contributed by atoms with Crippen LogP contribution in [0, 0.1) is 6.42 Å². The minimum atomic E-state index is -0.491. The first-order valence-electron chi connectivity index (χ1n) is 1.85. The predicted molar refractivity (Wildman–Crippen MR) is 18.4 cm³/mol. The van der Waals surface area contributed by atoms with Crippen LogP contribution in [0.15, 0.2) is 0 Å². The number of hydrogen-bond acceptors (Lipinski definition) is 0. The van der Waals surface area contributed by atoms with Crippen LogP contribution in [0.2, 0.25) is 0 Å². The quantitative estimate of drug-likeness (QED) is 0.405. The van der Waals surface area contributed by atoms with Gasteiger partial charge in [-0.3, -0.25) is 0 Å². The van der Waals surface area contributed by atoms with Crippen LogP contribution in [0.5, 0.6) is 0 Å². The van der Waals surface area contributed by atoms with Gasteiger partial charge in [0.2, 0.25) is 0 Å². The van der Waals surface area contributed by atoms with Crippen molar-refractivity contribution in [1.29, 1.82) is 0 Å². The Morgan fingerprint density at radius 1 is 1.60 bits per heavy atom. The van der Waals surface area contributed by atoms with Gasteiger partial charge in [0.25, 0.3) is 0 Å². The van der Waals surface area contributed by atoms with Gasteiger partial charge in [-0.1, -0.05) is 0 Å². The van der Waals surface area contributed by atoms with Gasteiger partial charge < -0.3 is 0 Å². The van der Waals surface area contributed by atoms with Gasteiger partial charge in [-0.05, 0) is 19.3 Å². The second-order valence-corrected chi connectivity index (χ2v) is 1.36. The summed E-state index contributed by atoms with van der Waals surface area (Å²) < 4.78 is 11.5. The van der Waals surface area contributed by atoms with Gasteiger partial charge in [-0.15, -0.1) is 0 Å². The molecule has 0 bridgehead atoms. The second kappa shape index (κ2) is 0.959. The molecule has 0 N–H and O–H groups in total. The van der Waals surface area contributed by atoms with Gasteiger partial charge in [0.15, 0.2) is 0 Å². The Bertz CT molecular complexity index is 30.6. The Morgan fingerprint density at radius 3 is 2.00 bits per heavy atom. The molecule has 0 saturated heterocycles. The normalized spacial score (nSPS) is 25.8. The van der Waals surface area contributed by atoms with Crippen molar-refractivity contribution in [2.24, 2.45) is 0 Å². The van der Waals surface area contributed by atoms with Gasteiger partial charge in [0, 0.05) is 0 Å². The largest absolute Gasteiger partial charge is 0.247 e. The van der Waals surface area contributed by atoms with Crippen molar-refractivity contribution in [3.63, 3.8) is 0 Å². The summed E-state index contributed by atoms with van der Waals surface area (Å²) >= 11 is 0. The lowest BCUT2D eigenvalue weighted by Crippen LogP contribution is -2.10. The number of rotatable bonds is 0. The molecule has 0 heterocycles. The standard InChI is InChI=1S/C4H6F/c5-4-2-1-3-4/h1,4H,2-3H2. The molecule has 1 radical (unpaired) electrons. The van der Waals surface area contributed by atoms with E-state index in [1.807, 2.05) is 6.42 Å². The Balaban J connectivity index is 2.08. The van der Waals surface area contributed by atoms with Gasteiger partial charge in [0.1, 0.15) is 6.17 Å². The Morgan fingerprint density at radius 2 is 2.00 bits per heavy atom. The van der Waals surface area contributed by atoms with Crippen molar-refractivity contribution in [3.05, 3.63) is 6.42 Å². The van der Waals surface area contributed by atoms with E-state index in [-0.39, 0.29) is 0 Å². The molecule has 1 fully saturated rings. The monoisotopic (exact) mass is 73.0 g/mol. The van der Waals surface area contributed by atoms with Crippen molar-refractivity contribution in [2.45, 2.75) is 19.0 Å². The molecule has 1 rings (SSSR count). The van der Waals surface area contributed by atoms with Crippen LogP contribution in [0.3, 0.4) is 0 Å². The van der Waals surface area contributed by atoms with Gasteiger partial charge >= 0.3 is 0 Å². The summed E-state index contributed by atoms with van der Waals surface area (Å²) in [5.41, 5.74) is 0. The molecule has 0 amide bonds. The van der Waals surface area contributed by atoms with Gasteiger partial charge in [0.05, 0.1) is 0 Å². The van der Waals surface area contributed by atoms with Crippen molar-refractivity contribution in [1.82, 2.24) is 0 Å². The molecule has 0 unspecified atom stereocenters. The molecule has 0 aromatic rings. The van der Waals surface area contributed by atoms with Crippen LogP contribution in [0.1, 0.15) is 12.8 Å². The van der Waals surface area contributed by atoms with Crippen LogP contribution < -0.4 is 0 Å². The van der Waals surface area contributed by atoms with E-state index < -0.39 is 6.17 Å². The minimum Gasteiger partial charge on any atom is -0.247 e. The first kappa shape index (κ1) is 3.13. The van der Waals surface area contributed by atoms with Crippen molar-refractivity contribution in [2.75, 3.05) is 0 Å². The number of alkyl halides is 1. The van der Waals surface area contributed by atoms with Crippen molar-refractivity contribution >= 4 is 0 Å². The summed E-state index contributed by atoms with van der Waals surface area (Å²) in [5, 5.41) is 0. The molecule has 5 heavy (non-hydrogen) atoms. The van der Waals surface area contributed by atoms with Crippen LogP contribution in [-0.2, 0) is 0 Å². The van der Waals surface area contributed by atoms with E-state index in [0.717, 1.165) is 0 Å². The average molecular weight is 73.1 g/mol. The maximum absolute atomic E-state index is 11.5. The van der Waals surface area contributed by atoms with Gasteiger partial charge in [-0.2, -0.15) is 0 Å². The Labute approximate surface area is 31.0 Å². The molecule has 0 spiro atoms. The van der Waals surface area contributed by atoms with E-state index in [2.05, 4.69) is 0 Å². The molecule has 0 nitrogen and oxygen atoms in total. The van der Waals surface area contributed by atoms with Crippen molar-refractivity contribution in [3.8, 4) is 0 Å². The molecule has 29 valence electrons. The third kappa shape index (κ3) is 0.416. The number of halogens is 1. The Hall–Kier alpha value is -0.0700. The van der Waals surface area contributed by atoms with Crippen LogP contribution in [0.25, 0.3) is 0 Å². The topological polar surface area (TPSA) is 0 Å². The molecule has 0 aromatic carbocycles. The zero-order chi connectivity index (χ0) is 3.70. The summed E-state index contributed by atoms with van der Waals surface area (Å²) in [4.78, 5) is 0. The SMILES string of the molecule is FC1C[CH]C1.